The molecular formula is C12H11N3O2S. The number of ether oxygens (including phenoxy) is 1. The molecule has 0 atom stereocenters. The molecule has 0 fully saturated rings. The number of hydrogen-bond donors (Lipinski definition) is 2. The van der Waals surface area contributed by atoms with Crippen LogP contribution in [-0.2, 0) is 6.61 Å². The summed E-state index contributed by atoms with van der Waals surface area (Å²) in [7, 11) is 0. The van der Waals surface area contributed by atoms with Gasteiger partial charge in [0.1, 0.15) is 10.7 Å². The van der Waals surface area contributed by atoms with Crippen molar-refractivity contribution in [2.75, 3.05) is 0 Å². The van der Waals surface area contributed by atoms with Gasteiger partial charge in [0.05, 0.1) is 18.4 Å². The topological polar surface area (TPSA) is 81.3 Å². The van der Waals surface area contributed by atoms with Crippen LogP contribution in [0, 0.1) is 0 Å². The second kappa shape index (κ2) is 5.52. The first-order valence-corrected chi connectivity index (χ1v) is 5.61. The molecule has 0 saturated heterocycles. The van der Waals surface area contributed by atoms with E-state index in [1.165, 1.54) is 6.20 Å². The zero-order valence-corrected chi connectivity index (χ0v) is 10.2. The molecule has 2 rings (SSSR count). The maximum Gasteiger partial charge on any atom is 0.249 e. The third-order valence-electron chi connectivity index (χ3n) is 2.30. The van der Waals surface area contributed by atoms with E-state index in [-0.39, 0.29) is 17.5 Å². The number of aromatic nitrogens is 2. The Hall–Kier alpha value is -2.05. The molecule has 5 nitrogen and oxygen atoms in total. The second-order valence-electron chi connectivity index (χ2n) is 3.48. The molecule has 0 aliphatic heterocycles. The van der Waals surface area contributed by atoms with Crippen molar-refractivity contribution >= 4 is 17.2 Å². The summed E-state index contributed by atoms with van der Waals surface area (Å²) in [5.41, 5.74) is 6.73. The van der Waals surface area contributed by atoms with Crippen molar-refractivity contribution in [2.45, 2.75) is 6.61 Å². The van der Waals surface area contributed by atoms with E-state index in [2.05, 4.69) is 10.2 Å². The average Bonchev–Trinajstić information content (AvgIpc) is 2.40. The van der Waals surface area contributed by atoms with Crippen molar-refractivity contribution in [2.24, 2.45) is 5.73 Å². The summed E-state index contributed by atoms with van der Waals surface area (Å²) >= 11 is 4.91. The van der Waals surface area contributed by atoms with E-state index in [0.717, 1.165) is 0 Å². The first-order chi connectivity index (χ1) is 8.72. The highest BCUT2D eigenvalue weighted by atomic mass is 32.1. The van der Waals surface area contributed by atoms with Crippen molar-refractivity contribution in [3.63, 3.8) is 0 Å². The molecule has 0 aliphatic carbocycles. The normalized spacial score (nSPS) is 10.1. The lowest BCUT2D eigenvalue weighted by Gasteiger charge is -2.10. The van der Waals surface area contributed by atoms with Gasteiger partial charge in [0.15, 0.2) is 0 Å². The van der Waals surface area contributed by atoms with E-state index in [9.17, 15) is 5.11 Å². The van der Waals surface area contributed by atoms with Crippen LogP contribution in [0.5, 0.6) is 11.6 Å². The number of thiocarbonyl (C=S) groups is 1. The van der Waals surface area contributed by atoms with Gasteiger partial charge in [0.25, 0.3) is 0 Å². The summed E-state index contributed by atoms with van der Waals surface area (Å²) in [6.45, 7) is -0.126. The Kier molecular flexibility index (Phi) is 3.81. The Morgan fingerprint density at radius 1 is 1.33 bits per heavy atom. The molecule has 0 amide bonds. The number of benzene rings is 1. The SMILES string of the molecule is NC(=S)c1ccnnc1Oc1ccccc1CO. The van der Waals surface area contributed by atoms with Gasteiger partial charge in [0, 0.05) is 5.56 Å². The number of para-hydroxylation sites is 1. The smallest absolute Gasteiger partial charge is 0.249 e. The molecule has 2 aromatic rings. The van der Waals surface area contributed by atoms with Crippen LogP contribution >= 0.6 is 12.2 Å². The quantitative estimate of drug-likeness (QED) is 0.810. The number of aliphatic hydroxyl groups excluding tert-OH is 1. The van der Waals surface area contributed by atoms with Gasteiger partial charge in [-0.25, -0.2) is 0 Å². The summed E-state index contributed by atoms with van der Waals surface area (Å²) < 4.78 is 5.59. The molecule has 0 aliphatic rings. The summed E-state index contributed by atoms with van der Waals surface area (Å²) in [4.78, 5) is 0.182. The maximum absolute atomic E-state index is 9.21. The van der Waals surface area contributed by atoms with Crippen LogP contribution < -0.4 is 10.5 Å². The lowest BCUT2D eigenvalue weighted by molar-refractivity contribution is 0.276. The molecule has 6 heteroatoms. The highest BCUT2D eigenvalue weighted by molar-refractivity contribution is 7.80. The molecule has 18 heavy (non-hydrogen) atoms. The zero-order chi connectivity index (χ0) is 13.0. The van der Waals surface area contributed by atoms with Crippen molar-refractivity contribution in [1.82, 2.24) is 10.2 Å². The van der Waals surface area contributed by atoms with Gasteiger partial charge in [-0.2, -0.15) is 5.10 Å². The fourth-order valence-electron chi connectivity index (χ4n) is 1.42. The summed E-state index contributed by atoms with van der Waals surface area (Å²) in [6.07, 6.45) is 1.49. The lowest BCUT2D eigenvalue weighted by Crippen LogP contribution is -2.12. The maximum atomic E-state index is 9.21. The van der Waals surface area contributed by atoms with E-state index >= 15 is 0 Å². The van der Waals surface area contributed by atoms with Crippen LogP contribution in [0.25, 0.3) is 0 Å². The van der Waals surface area contributed by atoms with Crippen LogP contribution in [0.1, 0.15) is 11.1 Å². The molecule has 92 valence electrons. The summed E-state index contributed by atoms with van der Waals surface area (Å²) in [5, 5.41) is 16.8. The third kappa shape index (κ3) is 2.61. The van der Waals surface area contributed by atoms with Crippen LogP contribution in [0.2, 0.25) is 0 Å². The number of nitrogens with zero attached hydrogens (tertiary/aromatic N) is 2. The summed E-state index contributed by atoms with van der Waals surface area (Å²) in [5.74, 6) is 0.726. The molecule has 0 spiro atoms. The van der Waals surface area contributed by atoms with E-state index < -0.39 is 0 Å². The summed E-state index contributed by atoms with van der Waals surface area (Å²) in [6, 6.07) is 8.72. The Morgan fingerprint density at radius 2 is 2.11 bits per heavy atom. The Morgan fingerprint density at radius 3 is 2.83 bits per heavy atom. The predicted molar refractivity (Wildman–Crippen MR) is 70.4 cm³/mol. The molecule has 0 saturated carbocycles. The average molecular weight is 261 g/mol. The molecule has 1 aromatic heterocycles. The van der Waals surface area contributed by atoms with Gasteiger partial charge >= 0.3 is 0 Å². The minimum absolute atomic E-state index is 0.126. The van der Waals surface area contributed by atoms with Crippen LogP contribution in [-0.4, -0.2) is 20.3 Å². The van der Waals surface area contributed by atoms with Gasteiger partial charge in [-0.1, -0.05) is 30.4 Å². The number of aliphatic hydroxyl groups is 1. The predicted octanol–water partition coefficient (Wildman–Crippen LogP) is 1.40. The van der Waals surface area contributed by atoms with Crippen molar-refractivity contribution < 1.29 is 9.84 Å². The zero-order valence-electron chi connectivity index (χ0n) is 9.41. The van der Waals surface area contributed by atoms with Crippen LogP contribution in [0.15, 0.2) is 36.5 Å². The molecule has 3 N–H and O–H groups in total. The van der Waals surface area contributed by atoms with Gasteiger partial charge in [-0.05, 0) is 12.1 Å². The number of hydrogen-bond acceptors (Lipinski definition) is 5. The third-order valence-corrected chi connectivity index (χ3v) is 2.52. The number of nitrogens with two attached hydrogens (primary N) is 1. The van der Waals surface area contributed by atoms with E-state index in [1.807, 2.05) is 6.07 Å². The monoisotopic (exact) mass is 261 g/mol. The van der Waals surface area contributed by atoms with Crippen molar-refractivity contribution in [3.05, 3.63) is 47.7 Å². The Balaban J connectivity index is 2.37. The Labute approximate surface area is 109 Å². The largest absolute Gasteiger partial charge is 0.437 e. The first kappa shape index (κ1) is 12.4. The van der Waals surface area contributed by atoms with Crippen molar-refractivity contribution in [3.8, 4) is 11.6 Å². The fraction of sp³-hybridized carbons (Fsp3) is 0.0833. The second-order valence-corrected chi connectivity index (χ2v) is 3.92. The standard InChI is InChI=1S/C12H11N3O2S/c13-11(18)9-5-6-14-15-12(9)17-10-4-2-1-3-8(10)7-16/h1-6,16H,7H2,(H2,13,18). The van der Waals surface area contributed by atoms with Crippen molar-refractivity contribution in [1.29, 1.82) is 0 Å². The molecule has 1 heterocycles. The molecule has 0 radical (unpaired) electrons. The number of rotatable bonds is 4. The first-order valence-electron chi connectivity index (χ1n) is 5.20. The van der Waals surface area contributed by atoms with E-state index in [0.29, 0.717) is 16.9 Å². The van der Waals surface area contributed by atoms with Gasteiger partial charge in [-0.3, -0.25) is 0 Å². The molecule has 0 bridgehead atoms. The lowest BCUT2D eigenvalue weighted by atomic mass is 10.2. The van der Waals surface area contributed by atoms with Crippen LogP contribution in [0.4, 0.5) is 0 Å². The van der Waals surface area contributed by atoms with Gasteiger partial charge in [-0.15, -0.1) is 5.10 Å². The van der Waals surface area contributed by atoms with Crippen LogP contribution in [0.3, 0.4) is 0 Å². The minimum atomic E-state index is -0.126. The van der Waals surface area contributed by atoms with E-state index in [4.69, 9.17) is 22.7 Å². The van der Waals surface area contributed by atoms with Gasteiger partial charge in [0.2, 0.25) is 5.88 Å². The molecule has 1 aromatic carbocycles. The van der Waals surface area contributed by atoms with E-state index in [1.54, 1.807) is 24.3 Å². The fourth-order valence-corrected chi connectivity index (χ4v) is 1.58. The highest BCUT2D eigenvalue weighted by Gasteiger charge is 2.11. The molecule has 0 unspecified atom stereocenters. The molecular weight excluding hydrogens is 250 g/mol. The van der Waals surface area contributed by atoms with Gasteiger partial charge < -0.3 is 15.6 Å². The Bertz CT molecular complexity index is 575. The highest BCUT2D eigenvalue weighted by Crippen LogP contribution is 2.25. The minimum Gasteiger partial charge on any atom is -0.437 e.